The maximum Gasteiger partial charge on any atom is 0.151 e. The van der Waals surface area contributed by atoms with Crippen LogP contribution >= 0.6 is 11.3 Å². The Hall–Kier alpha value is -1.20. The summed E-state index contributed by atoms with van der Waals surface area (Å²) in [7, 11) is 0. The van der Waals surface area contributed by atoms with E-state index in [9.17, 15) is 0 Å². The average Bonchev–Trinajstić information content (AvgIpc) is 2.91. The van der Waals surface area contributed by atoms with Crippen molar-refractivity contribution in [1.29, 1.82) is 0 Å². The van der Waals surface area contributed by atoms with Crippen LogP contribution in [0.15, 0.2) is 4.42 Å². The fourth-order valence-corrected chi connectivity index (χ4v) is 3.14. The van der Waals surface area contributed by atoms with Crippen molar-refractivity contribution in [3.63, 3.8) is 0 Å². The molecule has 0 unspecified atom stereocenters. The third-order valence-electron chi connectivity index (χ3n) is 3.24. The fraction of sp³-hybridized carbons (Fsp3) is 0.571. The molecule has 0 saturated carbocycles. The van der Waals surface area contributed by atoms with Crippen LogP contribution in [0.1, 0.15) is 35.4 Å². The van der Waals surface area contributed by atoms with E-state index in [1.807, 2.05) is 13.8 Å². The molecule has 0 aliphatic heterocycles. The number of nitrogens with zero attached hydrogens (tertiary/aromatic N) is 2. The van der Waals surface area contributed by atoms with Crippen LogP contribution in [0.3, 0.4) is 0 Å². The predicted molar refractivity (Wildman–Crippen MR) is 78.7 cm³/mol. The lowest BCUT2D eigenvalue weighted by Gasteiger charge is -1.97. The van der Waals surface area contributed by atoms with E-state index in [-0.39, 0.29) is 0 Å². The molecule has 0 aliphatic carbocycles. The molecule has 0 saturated heterocycles. The second-order valence-corrected chi connectivity index (χ2v) is 5.73. The summed E-state index contributed by atoms with van der Waals surface area (Å²) < 4.78 is 5.65. The summed E-state index contributed by atoms with van der Waals surface area (Å²) in [6, 6.07) is 0. The smallest absolute Gasteiger partial charge is 0.151 e. The van der Waals surface area contributed by atoms with E-state index in [0.717, 1.165) is 53.0 Å². The van der Waals surface area contributed by atoms with Crippen LogP contribution in [0.4, 0.5) is 0 Å². The van der Waals surface area contributed by atoms with Gasteiger partial charge in [-0.15, -0.1) is 10.2 Å². The second-order valence-electron chi connectivity index (χ2n) is 4.67. The Morgan fingerprint density at radius 3 is 2.58 bits per heavy atom. The molecule has 2 aromatic rings. The number of furan rings is 1. The summed E-state index contributed by atoms with van der Waals surface area (Å²) in [5.41, 5.74) is 2.29. The lowest BCUT2D eigenvalue weighted by atomic mass is 10.1. The molecule has 0 amide bonds. The van der Waals surface area contributed by atoms with Crippen LogP contribution in [-0.2, 0) is 6.42 Å². The molecule has 4 nitrogen and oxygen atoms in total. The van der Waals surface area contributed by atoms with Crippen LogP contribution in [0, 0.1) is 20.8 Å². The van der Waals surface area contributed by atoms with Gasteiger partial charge in [0, 0.05) is 12.0 Å². The maximum atomic E-state index is 5.65. The lowest BCUT2D eigenvalue weighted by molar-refractivity contribution is 0.503. The molecule has 0 fully saturated rings. The van der Waals surface area contributed by atoms with Gasteiger partial charge in [-0.1, -0.05) is 18.3 Å². The molecular formula is C14H21N3OS. The van der Waals surface area contributed by atoms with Crippen LogP contribution in [-0.4, -0.2) is 23.3 Å². The molecule has 0 aliphatic rings. The zero-order chi connectivity index (χ0) is 13.8. The molecule has 0 atom stereocenters. The first-order valence-corrected chi connectivity index (χ1v) is 7.55. The van der Waals surface area contributed by atoms with E-state index < -0.39 is 0 Å². The zero-order valence-electron chi connectivity index (χ0n) is 12.0. The van der Waals surface area contributed by atoms with Gasteiger partial charge < -0.3 is 9.73 Å². The van der Waals surface area contributed by atoms with Crippen molar-refractivity contribution in [3.8, 4) is 10.6 Å². The SMILES string of the molecule is CCNCCCc1nnc(-c2c(C)oc(C)c2C)s1. The minimum atomic E-state index is 0.936. The van der Waals surface area contributed by atoms with Gasteiger partial charge in [-0.2, -0.15) is 0 Å². The van der Waals surface area contributed by atoms with E-state index in [0.29, 0.717) is 0 Å². The number of aromatic nitrogens is 2. The molecule has 2 aromatic heterocycles. The van der Waals surface area contributed by atoms with Crippen molar-refractivity contribution in [3.05, 3.63) is 22.1 Å². The minimum absolute atomic E-state index is 0.936. The van der Waals surface area contributed by atoms with Crippen molar-refractivity contribution in [2.45, 2.75) is 40.5 Å². The van der Waals surface area contributed by atoms with Gasteiger partial charge in [-0.05, 0) is 40.3 Å². The summed E-state index contributed by atoms with van der Waals surface area (Å²) in [6.07, 6.45) is 2.09. The van der Waals surface area contributed by atoms with Gasteiger partial charge in [0.05, 0.1) is 5.56 Å². The number of hydrogen-bond donors (Lipinski definition) is 1. The van der Waals surface area contributed by atoms with Gasteiger partial charge >= 0.3 is 0 Å². The first-order chi connectivity index (χ1) is 9.13. The average molecular weight is 279 g/mol. The maximum absolute atomic E-state index is 5.65. The Kier molecular flexibility index (Phi) is 4.71. The van der Waals surface area contributed by atoms with Gasteiger partial charge in [0.25, 0.3) is 0 Å². The largest absolute Gasteiger partial charge is 0.466 e. The standard InChI is InChI=1S/C14H21N3OS/c1-5-15-8-6-7-12-16-17-14(19-12)13-9(2)10(3)18-11(13)4/h15H,5-8H2,1-4H3. The molecule has 2 heterocycles. The van der Waals surface area contributed by atoms with Crippen LogP contribution < -0.4 is 5.32 Å². The fourth-order valence-electron chi connectivity index (χ4n) is 2.11. The molecule has 2 rings (SSSR count). The highest BCUT2D eigenvalue weighted by Crippen LogP contribution is 2.33. The van der Waals surface area contributed by atoms with E-state index in [1.54, 1.807) is 11.3 Å². The number of rotatable bonds is 6. The van der Waals surface area contributed by atoms with Gasteiger partial charge in [0.15, 0.2) is 5.01 Å². The molecule has 0 aromatic carbocycles. The Balaban J connectivity index is 2.08. The number of nitrogens with one attached hydrogen (secondary N) is 1. The third-order valence-corrected chi connectivity index (χ3v) is 4.24. The lowest BCUT2D eigenvalue weighted by Crippen LogP contribution is -2.14. The van der Waals surface area contributed by atoms with E-state index in [2.05, 4.69) is 29.4 Å². The molecule has 0 radical (unpaired) electrons. The quantitative estimate of drug-likeness (QED) is 0.825. The molecule has 104 valence electrons. The first kappa shape index (κ1) is 14.2. The zero-order valence-corrected chi connectivity index (χ0v) is 12.9. The predicted octanol–water partition coefficient (Wildman–Crippen LogP) is 3.27. The highest BCUT2D eigenvalue weighted by Gasteiger charge is 2.17. The summed E-state index contributed by atoms with van der Waals surface area (Å²) in [5.74, 6) is 1.90. The van der Waals surface area contributed by atoms with E-state index in [4.69, 9.17) is 4.42 Å². The van der Waals surface area contributed by atoms with Crippen molar-refractivity contribution >= 4 is 11.3 Å². The Morgan fingerprint density at radius 1 is 1.16 bits per heavy atom. The van der Waals surface area contributed by atoms with Crippen molar-refractivity contribution in [2.75, 3.05) is 13.1 Å². The number of aryl methyl sites for hydroxylation is 3. The monoisotopic (exact) mass is 279 g/mol. The van der Waals surface area contributed by atoms with Crippen LogP contribution in [0.2, 0.25) is 0 Å². The minimum Gasteiger partial charge on any atom is -0.466 e. The summed E-state index contributed by atoms with van der Waals surface area (Å²) in [6.45, 7) is 10.2. The van der Waals surface area contributed by atoms with Gasteiger partial charge in [0.1, 0.15) is 16.5 Å². The van der Waals surface area contributed by atoms with Crippen molar-refractivity contribution in [2.24, 2.45) is 0 Å². The molecule has 19 heavy (non-hydrogen) atoms. The molecule has 5 heteroatoms. The molecule has 0 bridgehead atoms. The molecule has 1 N–H and O–H groups in total. The van der Waals surface area contributed by atoms with Gasteiger partial charge in [-0.3, -0.25) is 0 Å². The van der Waals surface area contributed by atoms with Gasteiger partial charge in [-0.25, -0.2) is 0 Å². The van der Waals surface area contributed by atoms with Crippen LogP contribution in [0.25, 0.3) is 10.6 Å². The molecule has 0 spiro atoms. The third kappa shape index (κ3) is 3.22. The Morgan fingerprint density at radius 2 is 1.95 bits per heavy atom. The van der Waals surface area contributed by atoms with Crippen molar-refractivity contribution in [1.82, 2.24) is 15.5 Å². The molecular weight excluding hydrogens is 258 g/mol. The van der Waals surface area contributed by atoms with Crippen molar-refractivity contribution < 1.29 is 4.42 Å². The Labute approximate surface area is 118 Å². The first-order valence-electron chi connectivity index (χ1n) is 6.73. The summed E-state index contributed by atoms with van der Waals surface area (Å²) >= 11 is 1.68. The summed E-state index contributed by atoms with van der Waals surface area (Å²) in [5, 5.41) is 14.0. The highest BCUT2D eigenvalue weighted by atomic mass is 32.1. The second kappa shape index (κ2) is 6.30. The topological polar surface area (TPSA) is 51.0 Å². The normalized spacial score (nSPS) is 11.2. The summed E-state index contributed by atoms with van der Waals surface area (Å²) in [4.78, 5) is 0. The van der Waals surface area contributed by atoms with E-state index in [1.165, 1.54) is 5.56 Å². The van der Waals surface area contributed by atoms with Gasteiger partial charge in [0.2, 0.25) is 0 Å². The highest BCUT2D eigenvalue weighted by molar-refractivity contribution is 7.14. The van der Waals surface area contributed by atoms with E-state index >= 15 is 0 Å². The number of hydrogen-bond acceptors (Lipinski definition) is 5. The Bertz CT molecular complexity index is 545. The van der Waals surface area contributed by atoms with Crippen LogP contribution in [0.5, 0.6) is 0 Å².